The number of ether oxygens (including phenoxy) is 1. The quantitative estimate of drug-likeness (QED) is 0.419. The minimum atomic E-state index is 0.500. The van der Waals surface area contributed by atoms with Crippen molar-refractivity contribution in [1.29, 1.82) is 0 Å². The van der Waals surface area contributed by atoms with Crippen LogP contribution in [0, 0.1) is 6.57 Å². The Labute approximate surface area is 88.6 Å². The Morgan fingerprint density at radius 2 is 2.00 bits per heavy atom. The molecule has 0 aliphatic carbocycles. The molecule has 0 bridgehead atoms. The van der Waals surface area contributed by atoms with Gasteiger partial charge in [0.1, 0.15) is 12.4 Å². The molecular weight excluding hydrogens is 198 g/mol. The molecule has 0 saturated carbocycles. The van der Waals surface area contributed by atoms with Gasteiger partial charge < -0.3 is 4.74 Å². The monoisotopic (exact) mass is 207 g/mol. The predicted molar refractivity (Wildman–Crippen MR) is 58.1 cm³/mol. The van der Waals surface area contributed by atoms with Crippen molar-refractivity contribution in [3.63, 3.8) is 0 Å². The van der Waals surface area contributed by atoms with Crippen molar-refractivity contribution in [2.24, 2.45) is 0 Å². The number of hydrogen-bond acceptors (Lipinski definition) is 1. The van der Waals surface area contributed by atoms with Crippen LogP contribution in [0.25, 0.3) is 4.85 Å². The van der Waals surface area contributed by atoms with Crippen LogP contribution >= 0.6 is 11.6 Å². The Kier molecular flexibility index (Phi) is 4.60. The molecule has 72 valence electrons. The first-order chi connectivity index (χ1) is 6.86. The lowest BCUT2D eigenvalue weighted by Gasteiger charge is -2.01. The van der Waals surface area contributed by atoms with Crippen LogP contribution in [0.3, 0.4) is 0 Å². The lowest BCUT2D eigenvalue weighted by molar-refractivity contribution is 0.363. The van der Waals surface area contributed by atoms with Crippen LogP contribution in [0.5, 0.6) is 5.75 Å². The van der Waals surface area contributed by atoms with Gasteiger partial charge in [-0.2, -0.15) is 0 Å². The van der Waals surface area contributed by atoms with E-state index < -0.39 is 0 Å². The molecule has 1 aromatic rings. The first-order valence-electron chi connectivity index (χ1n) is 4.18. The fourth-order valence-electron chi connectivity index (χ4n) is 0.892. The zero-order valence-corrected chi connectivity index (χ0v) is 8.37. The summed E-state index contributed by atoms with van der Waals surface area (Å²) in [7, 11) is 0. The highest BCUT2D eigenvalue weighted by molar-refractivity contribution is 6.18. The predicted octanol–water partition coefficient (Wildman–Crippen LogP) is 3.41. The Morgan fingerprint density at radius 1 is 1.29 bits per heavy atom. The summed E-state index contributed by atoms with van der Waals surface area (Å²) in [4.78, 5) is 3.28. The van der Waals surface area contributed by atoms with Crippen LogP contribution in [0.4, 0.5) is 5.69 Å². The molecule has 0 spiro atoms. The minimum Gasteiger partial charge on any atom is -0.490 e. The summed E-state index contributed by atoms with van der Waals surface area (Å²) in [6, 6.07) is 7.02. The van der Waals surface area contributed by atoms with Gasteiger partial charge in [-0.05, 0) is 12.1 Å². The SMILES string of the molecule is [C-]#[N+]c1ccc(OC/C=C/CCl)cc1. The normalized spacial score (nSPS) is 10.0. The molecule has 0 N–H and O–H groups in total. The molecule has 14 heavy (non-hydrogen) atoms. The molecule has 0 atom stereocenters. The Balaban J connectivity index is 2.45. The fourth-order valence-corrected chi connectivity index (χ4v) is 1.02. The number of benzene rings is 1. The number of nitrogens with zero attached hydrogens (tertiary/aromatic N) is 1. The van der Waals surface area contributed by atoms with Gasteiger partial charge in [-0.25, -0.2) is 4.85 Å². The van der Waals surface area contributed by atoms with Crippen LogP contribution in [0.2, 0.25) is 0 Å². The van der Waals surface area contributed by atoms with Crippen molar-refractivity contribution < 1.29 is 4.74 Å². The van der Waals surface area contributed by atoms with Gasteiger partial charge >= 0.3 is 0 Å². The summed E-state index contributed by atoms with van der Waals surface area (Å²) < 4.78 is 5.36. The van der Waals surface area contributed by atoms with Crippen LogP contribution in [-0.4, -0.2) is 12.5 Å². The van der Waals surface area contributed by atoms with Gasteiger partial charge in [0.2, 0.25) is 0 Å². The van der Waals surface area contributed by atoms with Crippen molar-refractivity contribution >= 4 is 17.3 Å². The molecule has 0 aliphatic rings. The smallest absolute Gasteiger partial charge is 0.187 e. The average molecular weight is 208 g/mol. The molecule has 1 aromatic carbocycles. The van der Waals surface area contributed by atoms with E-state index in [2.05, 4.69) is 4.85 Å². The fraction of sp³-hybridized carbons (Fsp3) is 0.182. The third-order valence-corrected chi connectivity index (χ3v) is 1.75. The van der Waals surface area contributed by atoms with Crippen LogP contribution in [-0.2, 0) is 0 Å². The number of rotatable bonds is 4. The second kappa shape index (κ2) is 6.06. The molecule has 0 saturated heterocycles. The molecule has 0 radical (unpaired) electrons. The summed E-state index contributed by atoms with van der Waals surface area (Å²) in [6.07, 6.45) is 3.69. The largest absolute Gasteiger partial charge is 0.490 e. The number of allylic oxidation sites excluding steroid dienone is 1. The molecule has 0 aromatic heterocycles. The lowest BCUT2D eigenvalue weighted by atomic mass is 10.3. The third-order valence-electron chi connectivity index (χ3n) is 1.57. The minimum absolute atomic E-state index is 0.500. The highest BCUT2D eigenvalue weighted by Crippen LogP contribution is 2.17. The number of hydrogen-bond donors (Lipinski definition) is 0. The van der Waals surface area contributed by atoms with Crippen LogP contribution < -0.4 is 4.74 Å². The topological polar surface area (TPSA) is 13.6 Å². The average Bonchev–Trinajstić information content (AvgIpc) is 2.25. The van der Waals surface area contributed by atoms with Gasteiger partial charge in [0, 0.05) is 5.88 Å². The van der Waals surface area contributed by atoms with E-state index >= 15 is 0 Å². The summed E-state index contributed by atoms with van der Waals surface area (Å²) >= 11 is 5.45. The zero-order chi connectivity index (χ0) is 10.2. The Bertz CT molecular complexity index is 337. The summed E-state index contributed by atoms with van der Waals surface area (Å²) in [5.74, 6) is 1.26. The molecule has 0 fully saturated rings. The van der Waals surface area contributed by atoms with Crippen molar-refractivity contribution in [1.82, 2.24) is 0 Å². The molecule has 0 amide bonds. The van der Waals surface area contributed by atoms with E-state index in [-0.39, 0.29) is 0 Å². The van der Waals surface area contributed by atoms with Gasteiger partial charge in [0.15, 0.2) is 5.69 Å². The first-order valence-corrected chi connectivity index (χ1v) is 4.71. The van der Waals surface area contributed by atoms with E-state index in [4.69, 9.17) is 22.9 Å². The zero-order valence-electron chi connectivity index (χ0n) is 7.61. The molecular formula is C11H10ClNO. The number of halogens is 1. The summed E-state index contributed by atoms with van der Waals surface area (Å²) in [6.45, 7) is 7.27. The van der Waals surface area contributed by atoms with E-state index in [1.54, 1.807) is 24.3 Å². The molecule has 0 heterocycles. The van der Waals surface area contributed by atoms with Crippen molar-refractivity contribution in [2.45, 2.75) is 0 Å². The van der Waals surface area contributed by atoms with E-state index in [0.29, 0.717) is 18.2 Å². The number of alkyl halides is 1. The summed E-state index contributed by atoms with van der Waals surface area (Å²) in [5, 5.41) is 0. The first kappa shape index (κ1) is 10.6. The van der Waals surface area contributed by atoms with Crippen LogP contribution in [0.1, 0.15) is 0 Å². The highest BCUT2D eigenvalue weighted by Gasteiger charge is 1.92. The molecule has 1 rings (SSSR count). The standard InChI is InChI=1S/C11H10ClNO/c1-13-10-4-6-11(7-5-10)14-9-3-2-8-12/h2-7H,8-9H2/b3-2+. The molecule has 0 unspecified atom stereocenters. The van der Waals surface area contributed by atoms with Crippen LogP contribution in [0.15, 0.2) is 36.4 Å². The third kappa shape index (κ3) is 3.51. The van der Waals surface area contributed by atoms with E-state index in [9.17, 15) is 0 Å². The van der Waals surface area contributed by atoms with E-state index in [1.165, 1.54) is 0 Å². The summed E-state index contributed by atoms with van der Waals surface area (Å²) in [5.41, 5.74) is 0.619. The maximum absolute atomic E-state index is 6.77. The van der Waals surface area contributed by atoms with Gasteiger partial charge in [0.05, 0.1) is 6.57 Å². The van der Waals surface area contributed by atoms with Crippen molar-refractivity contribution in [3.8, 4) is 5.75 Å². The van der Waals surface area contributed by atoms with Gasteiger partial charge in [-0.15, -0.1) is 11.6 Å². The second-order valence-corrected chi connectivity index (χ2v) is 2.85. The molecule has 2 nitrogen and oxygen atoms in total. The van der Waals surface area contributed by atoms with Crippen molar-refractivity contribution in [3.05, 3.63) is 47.8 Å². The van der Waals surface area contributed by atoms with Gasteiger partial charge in [-0.3, -0.25) is 0 Å². The molecule has 0 aliphatic heterocycles. The van der Waals surface area contributed by atoms with E-state index in [1.807, 2.05) is 12.2 Å². The van der Waals surface area contributed by atoms with Gasteiger partial charge in [0.25, 0.3) is 0 Å². The maximum Gasteiger partial charge on any atom is 0.187 e. The maximum atomic E-state index is 6.77. The van der Waals surface area contributed by atoms with Crippen molar-refractivity contribution in [2.75, 3.05) is 12.5 Å². The Hall–Kier alpha value is -1.46. The molecule has 3 heteroatoms. The Morgan fingerprint density at radius 3 is 2.57 bits per heavy atom. The highest BCUT2D eigenvalue weighted by atomic mass is 35.5. The van der Waals surface area contributed by atoms with Gasteiger partial charge in [-0.1, -0.05) is 24.3 Å². The second-order valence-electron chi connectivity index (χ2n) is 2.54. The van der Waals surface area contributed by atoms with E-state index in [0.717, 1.165) is 5.75 Å². The lowest BCUT2D eigenvalue weighted by Crippen LogP contribution is -1.92.